The molecule has 1 aromatic carbocycles. The summed E-state index contributed by atoms with van der Waals surface area (Å²) in [6, 6.07) is 7.53. The molecule has 0 fully saturated rings. The van der Waals surface area contributed by atoms with Crippen LogP contribution in [0.2, 0.25) is 0 Å². The number of aliphatic hydroxyl groups excluding tert-OH is 1. The number of amides is 1. The minimum Gasteiger partial charge on any atom is -0.392 e. The number of hydrogen-bond acceptors (Lipinski definition) is 5. The van der Waals surface area contributed by atoms with Gasteiger partial charge in [0.05, 0.1) is 18.9 Å². The Labute approximate surface area is 129 Å². The number of anilines is 1. The first kappa shape index (κ1) is 16.2. The van der Waals surface area contributed by atoms with E-state index < -0.39 is 6.10 Å². The number of rotatable bonds is 6. The van der Waals surface area contributed by atoms with Crippen molar-refractivity contribution in [2.24, 2.45) is 5.92 Å². The standard InChI is InChI=1S/C16H21N3O3/c1-10(2)13(20)8-16-18-14(19-22-16)9-15(21)17-12-6-4-11(3)5-7-12/h4-7,10,13,20H,8-9H2,1-3H3,(H,17,21)/t13-/m0/s1. The summed E-state index contributed by atoms with van der Waals surface area (Å²) in [5, 5.41) is 16.3. The molecule has 2 aromatic rings. The van der Waals surface area contributed by atoms with Crippen molar-refractivity contribution in [3.05, 3.63) is 41.5 Å². The van der Waals surface area contributed by atoms with E-state index in [9.17, 15) is 9.90 Å². The average molecular weight is 303 g/mol. The Morgan fingerprint density at radius 3 is 2.64 bits per heavy atom. The Morgan fingerprint density at radius 2 is 2.00 bits per heavy atom. The number of benzene rings is 1. The molecule has 1 amide bonds. The normalized spacial score (nSPS) is 12.4. The minimum absolute atomic E-state index is 0.0369. The summed E-state index contributed by atoms with van der Waals surface area (Å²) in [6.45, 7) is 5.81. The van der Waals surface area contributed by atoms with Crippen molar-refractivity contribution in [2.75, 3.05) is 5.32 Å². The van der Waals surface area contributed by atoms with Crippen molar-refractivity contribution in [1.82, 2.24) is 10.1 Å². The maximum absolute atomic E-state index is 11.9. The number of nitrogens with one attached hydrogen (secondary N) is 1. The molecule has 0 saturated carbocycles. The molecule has 0 aliphatic carbocycles. The molecule has 6 nitrogen and oxygen atoms in total. The Morgan fingerprint density at radius 1 is 1.32 bits per heavy atom. The van der Waals surface area contributed by atoms with Gasteiger partial charge in [-0.05, 0) is 25.0 Å². The summed E-state index contributed by atoms with van der Waals surface area (Å²) in [6.07, 6.45) is -0.200. The van der Waals surface area contributed by atoms with E-state index in [0.29, 0.717) is 18.1 Å². The second kappa shape index (κ2) is 7.17. The molecule has 6 heteroatoms. The van der Waals surface area contributed by atoms with Gasteiger partial charge in [-0.25, -0.2) is 0 Å². The SMILES string of the molecule is Cc1ccc(NC(=O)Cc2noc(C[C@H](O)C(C)C)n2)cc1. The number of carbonyl (C=O) groups excluding carboxylic acids is 1. The number of aryl methyl sites for hydroxylation is 1. The maximum Gasteiger partial charge on any atom is 0.232 e. The van der Waals surface area contributed by atoms with Gasteiger partial charge in [-0.15, -0.1) is 0 Å². The summed E-state index contributed by atoms with van der Waals surface area (Å²) >= 11 is 0. The first-order valence-corrected chi connectivity index (χ1v) is 7.30. The van der Waals surface area contributed by atoms with E-state index in [1.165, 1.54) is 0 Å². The van der Waals surface area contributed by atoms with E-state index in [2.05, 4.69) is 15.5 Å². The highest BCUT2D eigenvalue weighted by Gasteiger charge is 2.16. The zero-order chi connectivity index (χ0) is 16.1. The molecular weight excluding hydrogens is 282 g/mol. The van der Waals surface area contributed by atoms with Gasteiger partial charge in [0.15, 0.2) is 5.82 Å². The number of aromatic nitrogens is 2. The van der Waals surface area contributed by atoms with Gasteiger partial charge in [-0.3, -0.25) is 4.79 Å². The molecule has 0 bridgehead atoms. The van der Waals surface area contributed by atoms with E-state index in [1.807, 2.05) is 45.0 Å². The topological polar surface area (TPSA) is 88.2 Å². The molecule has 0 radical (unpaired) electrons. The van der Waals surface area contributed by atoms with Crippen LogP contribution < -0.4 is 5.32 Å². The fourth-order valence-corrected chi connectivity index (χ4v) is 1.85. The van der Waals surface area contributed by atoms with Crippen molar-refractivity contribution in [3.8, 4) is 0 Å². The second-order valence-corrected chi connectivity index (χ2v) is 5.71. The molecule has 1 aromatic heterocycles. The molecular formula is C16H21N3O3. The van der Waals surface area contributed by atoms with Crippen LogP contribution in [0.4, 0.5) is 5.69 Å². The van der Waals surface area contributed by atoms with Crippen LogP contribution in [0.15, 0.2) is 28.8 Å². The van der Waals surface area contributed by atoms with Crippen molar-refractivity contribution < 1.29 is 14.4 Å². The molecule has 0 aliphatic heterocycles. The van der Waals surface area contributed by atoms with Crippen LogP contribution in [0.1, 0.15) is 31.1 Å². The van der Waals surface area contributed by atoms with Crippen LogP contribution in [0.3, 0.4) is 0 Å². The zero-order valence-corrected chi connectivity index (χ0v) is 13.0. The molecule has 118 valence electrons. The van der Waals surface area contributed by atoms with Gasteiger partial charge in [0, 0.05) is 5.69 Å². The third-order valence-electron chi connectivity index (χ3n) is 3.32. The molecule has 1 atom stereocenters. The van der Waals surface area contributed by atoms with E-state index in [-0.39, 0.29) is 18.2 Å². The Bertz CT molecular complexity index is 620. The smallest absolute Gasteiger partial charge is 0.232 e. The number of nitrogens with zero attached hydrogens (tertiary/aromatic N) is 2. The fraction of sp³-hybridized carbons (Fsp3) is 0.438. The third-order valence-corrected chi connectivity index (χ3v) is 3.32. The average Bonchev–Trinajstić information content (AvgIpc) is 2.88. The zero-order valence-electron chi connectivity index (χ0n) is 13.0. The van der Waals surface area contributed by atoms with Crippen molar-refractivity contribution in [3.63, 3.8) is 0 Å². The molecule has 2 N–H and O–H groups in total. The van der Waals surface area contributed by atoms with Crippen LogP contribution in [-0.2, 0) is 17.6 Å². The molecule has 0 spiro atoms. The largest absolute Gasteiger partial charge is 0.392 e. The maximum atomic E-state index is 11.9. The summed E-state index contributed by atoms with van der Waals surface area (Å²) in [5.41, 5.74) is 1.86. The van der Waals surface area contributed by atoms with Gasteiger partial charge in [0.25, 0.3) is 0 Å². The molecule has 1 heterocycles. The van der Waals surface area contributed by atoms with Gasteiger partial charge in [-0.2, -0.15) is 4.98 Å². The quantitative estimate of drug-likeness (QED) is 0.853. The molecule has 0 unspecified atom stereocenters. The predicted octanol–water partition coefficient (Wildman–Crippen LogP) is 2.12. The van der Waals surface area contributed by atoms with Crippen LogP contribution in [0, 0.1) is 12.8 Å². The molecule has 22 heavy (non-hydrogen) atoms. The first-order chi connectivity index (χ1) is 10.4. The Hall–Kier alpha value is -2.21. The van der Waals surface area contributed by atoms with Crippen LogP contribution in [0.25, 0.3) is 0 Å². The second-order valence-electron chi connectivity index (χ2n) is 5.71. The highest BCUT2D eigenvalue weighted by Crippen LogP contribution is 2.11. The predicted molar refractivity (Wildman–Crippen MR) is 82.4 cm³/mol. The fourth-order valence-electron chi connectivity index (χ4n) is 1.85. The van der Waals surface area contributed by atoms with Crippen LogP contribution in [-0.4, -0.2) is 27.3 Å². The monoisotopic (exact) mass is 303 g/mol. The summed E-state index contributed by atoms with van der Waals surface area (Å²) in [5.74, 6) is 0.565. The van der Waals surface area contributed by atoms with E-state index in [0.717, 1.165) is 11.3 Å². The summed E-state index contributed by atoms with van der Waals surface area (Å²) in [7, 11) is 0. The summed E-state index contributed by atoms with van der Waals surface area (Å²) in [4.78, 5) is 16.1. The third kappa shape index (κ3) is 4.66. The van der Waals surface area contributed by atoms with Crippen LogP contribution >= 0.6 is 0 Å². The van der Waals surface area contributed by atoms with E-state index in [1.54, 1.807) is 0 Å². The minimum atomic E-state index is -0.533. The van der Waals surface area contributed by atoms with Gasteiger partial charge < -0.3 is 14.9 Å². The van der Waals surface area contributed by atoms with Gasteiger partial charge in [0.2, 0.25) is 11.8 Å². The summed E-state index contributed by atoms with van der Waals surface area (Å²) < 4.78 is 5.05. The first-order valence-electron chi connectivity index (χ1n) is 7.30. The number of hydrogen-bond donors (Lipinski definition) is 2. The van der Waals surface area contributed by atoms with Crippen LogP contribution in [0.5, 0.6) is 0 Å². The Balaban J connectivity index is 1.89. The van der Waals surface area contributed by atoms with Crippen molar-refractivity contribution in [2.45, 2.75) is 39.7 Å². The lowest BCUT2D eigenvalue weighted by atomic mass is 10.0. The van der Waals surface area contributed by atoms with Crippen molar-refractivity contribution in [1.29, 1.82) is 0 Å². The van der Waals surface area contributed by atoms with E-state index in [4.69, 9.17) is 4.52 Å². The lowest BCUT2D eigenvalue weighted by molar-refractivity contribution is -0.115. The molecule has 0 saturated heterocycles. The number of aliphatic hydroxyl groups is 1. The highest BCUT2D eigenvalue weighted by molar-refractivity contribution is 5.91. The highest BCUT2D eigenvalue weighted by atomic mass is 16.5. The Kier molecular flexibility index (Phi) is 5.27. The molecule has 2 rings (SSSR count). The lowest BCUT2D eigenvalue weighted by Gasteiger charge is -2.10. The van der Waals surface area contributed by atoms with E-state index >= 15 is 0 Å². The van der Waals surface area contributed by atoms with Gasteiger partial charge in [-0.1, -0.05) is 36.7 Å². The number of carbonyl (C=O) groups is 1. The van der Waals surface area contributed by atoms with Gasteiger partial charge in [0.1, 0.15) is 0 Å². The molecule has 0 aliphatic rings. The van der Waals surface area contributed by atoms with Gasteiger partial charge >= 0.3 is 0 Å². The van der Waals surface area contributed by atoms with Crippen molar-refractivity contribution >= 4 is 11.6 Å². The lowest BCUT2D eigenvalue weighted by Crippen LogP contribution is -2.18.